The van der Waals surface area contributed by atoms with E-state index in [4.69, 9.17) is 28.0 Å². The van der Waals surface area contributed by atoms with E-state index in [-0.39, 0.29) is 0 Å². The third-order valence-corrected chi connectivity index (χ3v) is 7.67. The summed E-state index contributed by atoms with van der Waals surface area (Å²) in [6, 6.07) is 25.5. The predicted molar refractivity (Wildman–Crippen MR) is 213 cm³/mol. The lowest BCUT2D eigenvalue weighted by Crippen LogP contribution is -1.89. The molecule has 6 nitrogen and oxygen atoms in total. The van der Waals surface area contributed by atoms with Crippen LogP contribution in [0.4, 0.5) is 0 Å². The van der Waals surface area contributed by atoms with Gasteiger partial charge in [0.1, 0.15) is 28.4 Å². The molecule has 0 radical (unpaired) electrons. The van der Waals surface area contributed by atoms with Crippen molar-refractivity contribution in [1.82, 2.24) is 19.9 Å². The van der Waals surface area contributed by atoms with Crippen molar-refractivity contribution in [3.05, 3.63) is 148 Å². The number of nitriles is 1. The average molecular weight is 704 g/mol. The minimum absolute atomic E-state index is 0.481. The highest BCUT2D eigenvalue weighted by molar-refractivity contribution is 6.29. The second-order valence-electron chi connectivity index (χ2n) is 13.0. The lowest BCUT2D eigenvalue weighted by atomic mass is 10.1. The lowest BCUT2D eigenvalue weighted by molar-refractivity contribution is 0.414. The van der Waals surface area contributed by atoms with Gasteiger partial charge in [-0.2, -0.15) is 5.26 Å². The topological polar surface area (TPSA) is 84.6 Å². The largest absolute Gasteiger partial charge is 0.497 e. The molecule has 7 heteroatoms. The molecular weight excluding hydrogens is 650 g/mol. The molecule has 0 N–H and O–H groups in total. The number of methoxy groups -OCH3 is 1. The van der Waals surface area contributed by atoms with Crippen LogP contribution >= 0.6 is 11.6 Å². The van der Waals surface area contributed by atoms with Gasteiger partial charge in [-0.15, -0.1) is 6.42 Å². The SMILES string of the molecule is C#Cc1ccc(C(C)C)cn1.CC(C)c1ccc(C#N)nc1.CC(C)c1ccc(Cl)nc1.COc1ccc(C)cc1.Cc1ccc(C(C)C)cn1. The third kappa shape index (κ3) is 18.5. The normalized spacial score (nSPS) is 9.84. The van der Waals surface area contributed by atoms with Gasteiger partial charge in [0.25, 0.3) is 0 Å². The Hall–Kier alpha value is -5.04. The van der Waals surface area contributed by atoms with Crippen LogP contribution in [0.5, 0.6) is 5.75 Å². The molecule has 0 atom stereocenters. The molecule has 4 heterocycles. The van der Waals surface area contributed by atoms with Gasteiger partial charge >= 0.3 is 0 Å². The van der Waals surface area contributed by atoms with Crippen LogP contribution in [0.2, 0.25) is 5.15 Å². The summed E-state index contributed by atoms with van der Waals surface area (Å²) in [4.78, 5) is 16.2. The van der Waals surface area contributed by atoms with Crippen LogP contribution in [-0.4, -0.2) is 27.0 Å². The van der Waals surface area contributed by atoms with E-state index in [9.17, 15) is 0 Å². The number of ether oxygens (including phenoxy) is 1. The number of benzene rings is 1. The first kappa shape index (κ1) is 44.0. The number of hydrogen-bond acceptors (Lipinski definition) is 6. The molecule has 1 aromatic carbocycles. The Bertz CT molecular complexity index is 1620. The number of hydrogen-bond donors (Lipinski definition) is 0. The maximum atomic E-state index is 8.45. The van der Waals surface area contributed by atoms with Crippen LogP contribution in [0, 0.1) is 37.5 Å². The van der Waals surface area contributed by atoms with Gasteiger partial charge in [0.15, 0.2) is 0 Å². The molecule has 268 valence electrons. The number of halogens is 1. The molecule has 0 amide bonds. The number of aromatic nitrogens is 4. The van der Waals surface area contributed by atoms with Gasteiger partial charge in [-0.05, 0) is 96.2 Å². The fraction of sp³-hybridized carbons (Fsp3) is 0.341. The second-order valence-corrected chi connectivity index (χ2v) is 13.4. The molecule has 51 heavy (non-hydrogen) atoms. The Morgan fingerprint density at radius 2 is 0.980 bits per heavy atom. The van der Waals surface area contributed by atoms with Gasteiger partial charge in [0, 0.05) is 30.5 Å². The highest BCUT2D eigenvalue weighted by Crippen LogP contribution is 2.15. The molecule has 0 aliphatic heterocycles. The summed E-state index contributed by atoms with van der Waals surface area (Å²) >= 11 is 5.61. The van der Waals surface area contributed by atoms with Crippen molar-refractivity contribution in [3.63, 3.8) is 0 Å². The number of nitrogens with zero attached hydrogens (tertiary/aromatic N) is 5. The summed E-state index contributed by atoms with van der Waals surface area (Å²) in [5.74, 6) is 5.53. The van der Waals surface area contributed by atoms with Crippen LogP contribution in [-0.2, 0) is 0 Å². The van der Waals surface area contributed by atoms with E-state index in [0.29, 0.717) is 40.2 Å². The highest BCUT2D eigenvalue weighted by Gasteiger charge is 2.00. The van der Waals surface area contributed by atoms with Gasteiger partial charge in [-0.1, -0.05) is 115 Å². The van der Waals surface area contributed by atoms with E-state index < -0.39 is 0 Å². The number of pyridine rings is 4. The molecule has 0 unspecified atom stereocenters. The van der Waals surface area contributed by atoms with Crippen molar-refractivity contribution in [2.24, 2.45) is 0 Å². The molecule has 0 spiro atoms. The zero-order chi connectivity index (χ0) is 38.3. The highest BCUT2D eigenvalue weighted by atomic mass is 35.5. The number of aryl methyl sites for hydroxylation is 2. The maximum absolute atomic E-state index is 8.45. The molecular formula is C44H54ClN5O. The smallest absolute Gasteiger partial charge is 0.140 e. The first-order valence-electron chi connectivity index (χ1n) is 17.1. The fourth-order valence-corrected chi connectivity index (χ4v) is 3.98. The Morgan fingerprint density at radius 3 is 1.29 bits per heavy atom. The predicted octanol–water partition coefficient (Wildman–Crippen LogP) is 11.6. The Kier molecular flexibility index (Phi) is 20.8. The Morgan fingerprint density at radius 1 is 0.569 bits per heavy atom. The minimum Gasteiger partial charge on any atom is -0.497 e. The molecule has 0 aliphatic carbocycles. The van der Waals surface area contributed by atoms with Crippen LogP contribution in [0.1, 0.15) is 124 Å². The van der Waals surface area contributed by atoms with Crippen molar-refractivity contribution < 1.29 is 4.74 Å². The van der Waals surface area contributed by atoms with Crippen molar-refractivity contribution in [3.8, 4) is 24.2 Å². The van der Waals surface area contributed by atoms with Crippen molar-refractivity contribution in [1.29, 1.82) is 5.26 Å². The summed E-state index contributed by atoms with van der Waals surface area (Å²) in [6.45, 7) is 21.1. The third-order valence-electron chi connectivity index (χ3n) is 7.44. The van der Waals surface area contributed by atoms with E-state index >= 15 is 0 Å². The summed E-state index contributed by atoms with van der Waals surface area (Å²) < 4.78 is 4.97. The molecule has 0 aliphatic rings. The molecule has 0 bridgehead atoms. The lowest BCUT2D eigenvalue weighted by Gasteiger charge is -2.02. The van der Waals surface area contributed by atoms with Crippen LogP contribution in [0.25, 0.3) is 0 Å². The number of terminal acetylenes is 1. The van der Waals surface area contributed by atoms with E-state index in [1.807, 2.05) is 86.2 Å². The van der Waals surface area contributed by atoms with Crippen molar-refractivity contribution in [2.45, 2.75) is 92.9 Å². The molecule has 5 aromatic rings. The summed E-state index contributed by atoms with van der Waals surface area (Å²) in [5, 5.41) is 9.01. The standard InChI is InChI=1S/C10H11N.C9H10N2.C9H13N.C8H10ClN.C8H10O/c1-4-10-6-5-9(7-11-10)8(2)3;1-7(2)8-3-4-9(5-10)11-6-8;1-7(2)9-5-4-8(3)10-6-9;1-6(2)7-3-4-8(9)10-5-7;1-7-3-5-8(9-2)6-4-7/h1,5-8H,2-3H3;3-4,6-7H,1-2H3;4-7H,1-3H3;3-6H,1-2H3;3-6H,1-2H3. The average Bonchev–Trinajstić information content (AvgIpc) is 3.13. The maximum Gasteiger partial charge on any atom is 0.140 e. The van der Waals surface area contributed by atoms with E-state index in [1.54, 1.807) is 19.4 Å². The zero-order valence-electron chi connectivity index (χ0n) is 32.1. The Balaban J connectivity index is 0.000000319. The van der Waals surface area contributed by atoms with Crippen molar-refractivity contribution in [2.75, 3.05) is 7.11 Å². The van der Waals surface area contributed by atoms with Crippen molar-refractivity contribution >= 4 is 11.6 Å². The van der Waals surface area contributed by atoms with Gasteiger partial charge in [-0.3, -0.25) is 4.98 Å². The molecule has 0 fully saturated rings. The number of rotatable bonds is 5. The van der Waals surface area contributed by atoms with E-state index in [0.717, 1.165) is 11.4 Å². The van der Waals surface area contributed by atoms with Crippen LogP contribution in [0.15, 0.2) is 97.6 Å². The monoisotopic (exact) mass is 703 g/mol. The van der Waals surface area contributed by atoms with Gasteiger partial charge < -0.3 is 4.74 Å². The zero-order valence-corrected chi connectivity index (χ0v) is 32.9. The summed E-state index contributed by atoms with van der Waals surface area (Å²) in [6.07, 6.45) is 12.5. The summed E-state index contributed by atoms with van der Waals surface area (Å²) in [7, 11) is 1.67. The van der Waals surface area contributed by atoms with E-state index in [2.05, 4.69) is 100 Å². The van der Waals surface area contributed by atoms with E-state index in [1.165, 1.54) is 27.8 Å². The second kappa shape index (κ2) is 24.2. The Labute approximate surface area is 312 Å². The first-order valence-corrected chi connectivity index (χ1v) is 17.5. The quantitative estimate of drug-likeness (QED) is 0.134. The van der Waals surface area contributed by atoms with Gasteiger partial charge in [0.2, 0.25) is 0 Å². The van der Waals surface area contributed by atoms with Crippen LogP contribution in [0.3, 0.4) is 0 Å². The minimum atomic E-state index is 0.481. The molecule has 5 rings (SSSR count). The summed E-state index contributed by atoms with van der Waals surface area (Å²) in [5.41, 5.74) is 8.46. The fourth-order valence-electron chi connectivity index (χ4n) is 3.87. The first-order chi connectivity index (χ1) is 24.2. The molecule has 4 aromatic heterocycles. The molecule has 0 saturated heterocycles. The molecule has 0 saturated carbocycles. The van der Waals surface area contributed by atoms with Gasteiger partial charge in [0.05, 0.1) is 7.11 Å². The van der Waals surface area contributed by atoms with Crippen LogP contribution < -0.4 is 4.74 Å². The van der Waals surface area contributed by atoms with Gasteiger partial charge in [-0.25, -0.2) is 15.0 Å².